The fourth-order valence-electron chi connectivity index (χ4n) is 2.65. The molecule has 0 spiro atoms. The van der Waals surface area contributed by atoms with E-state index in [1.165, 1.54) is 17.5 Å². The van der Waals surface area contributed by atoms with Crippen molar-refractivity contribution in [2.24, 2.45) is 5.92 Å². The molecule has 0 amide bonds. The first-order valence-electron chi connectivity index (χ1n) is 6.64. The van der Waals surface area contributed by atoms with Crippen molar-refractivity contribution in [3.8, 4) is 0 Å². The Morgan fingerprint density at radius 3 is 2.88 bits per heavy atom. The highest BCUT2D eigenvalue weighted by atomic mass is 16.5. The van der Waals surface area contributed by atoms with E-state index in [4.69, 9.17) is 4.74 Å². The van der Waals surface area contributed by atoms with Crippen LogP contribution in [0.1, 0.15) is 37.4 Å². The second-order valence-electron chi connectivity index (χ2n) is 5.05. The standard InChI is InChI=1S/C15H23NO/c1-4-16-14(15-12(3)8-9-17-15)13-7-5-6-11(2)10-13/h5-7,10,12,14-16H,4,8-9H2,1-3H3. The third-order valence-electron chi connectivity index (χ3n) is 3.60. The van der Waals surface area contributed by atoms with Crippen LogP contribution in [0.15, 0.2) is 24.3 Å². The Kier molecular flexibility index (Phi) is 4.19. The summed E-state index contributed by atoms with van der Waals surface area (Å²) in [7, 11) is 0. The fraction of sp³-hybridized carbons (Fsp3) is 0.600. The number of hydrogen-bond acceptors (Lipinski definition) is 2. The molecule has 1 fully saturated rings. The highest BCUT2D eigenvalue weighted by Gasteiger charge is 2.32. The highest BCUT2D eigenvalue weighted by molar-refractivity contribution is 5.26. The van der Waals surface area contributed by atoms with Gasteiger partial charge in [-0.15, -0.1) is 0 Å². The average molecular weight is 233 g/mol. The molecule has 1 heterocycles. The molecule has 3 atom stereocenters. The number of hydrogen-bond donors (Lipinski definition) is 1. The largest absolute Gasteiger partial charge is 0.376 e. The van der Waals surface area contributed by atoms with Crippen LogP contribution in [0.5, 0.6) is 0 Å². The lowest BCUT2D eigenvalue weighted by molar-refractivity contribution is 0.0612. The number of likely N-dealkylation sites (N-methyl/N-ethyl adjacent to an activating group) is 1. The van der Waals surface area contributed by atoms with Gasteiger partial charge in [-0.3, -0.25) is 0 Å². The Labute approximate surface area is 104 Å². The van der Waals surface area contributed by atoms with E-state index in [-0.39, 0.29) is 0 Å². The summed E-state index contributed by atoms with van der Waals surface area (Å²) in [6.07, 6.45) is 1.50. The van der Waals surface area contributed by atoms with Crippen LogP contribution in [0.25, 0.3) is 0 Å². The minimum absolute atomic E-state index is 0.316. The van der Waals surface area contributed by atoms with Gasteiger partial charge in [0.25, 0.3) is 0 Å². The molecule has 1 saturated heterocycles. The maximum atomic E-state index is 5.91. The topological polar surface area (TPSA) is 21.3 Å². The molecule has 2 heteroatoms. The third-order valence-corrected chi connectivity index (χ3v) is 3.60. The molecule has 1 aliphatic rings. The Morgan fingerprint density at radius 1 is 1.47 bits per heavy atom. The lowest BCUT2D eigenvalue weighted by Gasteiger charge is -2.27. The zero-order valence-corrected chi connectivity index (χ0v) is 11.1. The van der Waals surface area contributed by atoms with Crippen molar-refractivity contribution in [1.82, 2.24) is 5.32 Å². The van der Waals surface area contributed by atoms with Crippen LogP contribution in [-0.4, -0.2) is 19.3 Å². The van der Waals surface area contributed by atoms with Gasteiger partial charge in [0.2, 0.25) is 0 Å². The van der Waals surface area contributed by atoms with Crippen LogP contribution >= 0.6 is 0 Å². The maximum absolute atomic E-state index is 5.91. The third kappa shape index (κ3) is 2.88. The zero-order chi connectivity index (χ0) is 12.3. The van der Waals surface area contributed by atoms with Crippen LogP contribution in [0.2, 0.25) is 0 Å². The van der Waals surface area contributed by atoms with Crippen LogP contribution < -0.4 is 5.32 Å². The predicted molar refractivity (Wildman–Crippen MR) is 71.1 cm³/mol. The van der Waals surface area contributed by atoms with Crippen molar-refractivity contribution in [3.63, 3.8) is 0 Å². The van der Waals surface area contributed by atoms with Crippen LogP contribution in [0.3, 0.4) is 0 Å². The second-order valence-corrected chi connectivity index (χ2v) is 5.05. The summed E-state index contributed by atoms with van der Waals surface area (Å²) in [5, 5.41) is 3.57. The number of rotatable bonds is 4. The van der Waals surface area contributed by atoms with Gasteiger partial charge in [-0.1, -0.05) is 43.7 Å². The summed E-state index contributed by atoms with van der Waals surface area (Å²) in [5.74, 6) is 0.638. The SMILES string of the molecule is CCNC(c1cccc(C)c1)C1OCCC1C. The molecule has 0 aliphatic carbocycles. The van der Waals surface area contributed by atoms with Crippen molar-refractivity contribution >= 4 is 0 Å². The van der Waals surface area contributed by atoms with Gasteiger partial charge in [-0.25, -0.2) is 0 Å². The van der Waals surface area contributed by atoms with Crippen LogP contribution in [-0.2, 0) is 4.74 Å². The summed E-state index contributed by atoms with van der Waals surface area (Å²) >= 11 is 0. The van der Waals surface area contributed by atoms with Crippen molar-refractivity contribution in [3.05, 3.63) is 35.4 Å². The first-order chi connectivity index (χ1) is 8.22. The summed E-state index contributed by atoms with van der Waals surface area (Å²) in [6.45, 7) is 8.47. The molecule has 0 bridgehead atoms. The van der Waals surface area contributed by atoms with Gasteiger partial charge in [0.05, 0.1) is 12.1 Å². The van der Waals surface area contributed by atoms with Gasteiger partial charge in [-0.2, -0.15) is 0 Å². The molecule has 1 aliphatic heterocycles. The number of benzene rings is 1. The molecule has 2 rings (SSSR count). The minimum atomic E-state index is 0.316. The molecule has 3 unspecified atom stereocenters. The average Bonchev–Trinajstić information content (AvgIpc) is 2.72. The minimum Gasteiger partial charge on any atom is -0.376 e. The Bertz CT molecular complexity index is 364. The Balaban J connectivity index is 2.22. The first kappa shape index (κ1) is 12.6. The first-order valence-corrected chi connectivity index (χ1v) is 6.64. The highest BCUT2D eigenvalue weighted by Crippen LogP contribution is 2.31. The quantitative estimate of drug-likeness (QED) is 0.863. The van der Waals surface area contributed by atoms with Gasteiger partial charge < -0.3 is 10.1 Å². The smallest absolute Gasteiger partial charge is 0.0795 e. The van der Waals surface area contributed by atoms with Crippen molar-refractivity contribution in [2.45, 2.75) is 39.3 Å². The number of aryl methyl sites for hydroxylation is 1. The molecule has 94 valence electrons. The number of nitrogens with one attached hydrogen (secondary N) is 1. The van der Waals surface area contributed by atoms with Crippen molar-refractivity contribution in [1.29, 1.82) is 0 Å². The van der Waals surface area contributed by atoms with E-state index in [9.17, 15) is 0 Å². The summed E-state index contributed by atoms with van der Waals surface area (Å²) in [5.41, 5.74) is 2.67. The van der Waals surface area contributed by atoms with E-state index in [0.29, 0.717) is 18.1 Å². The van der Waals surface area contributed by atoms with E-state index in [0.717, 1.165) is 13.2 Å². The second kappa shape index (κ2) is 5.65. The molecule has 1 aromatic rings. The van der Waals surface area contributed by atoms with Gasteiger partial charge in [-0.05, 0) is 31.4 Å². The zero-order valence-electron chi connectivity index (χ0n) is 11.1. The molecule has 1 aromatic carbocycles. The summed E-state index contributed by atoms with van der Waals surface area (Å²) in [6, 6.07) is 9.08. The summed E-state index contributed by atoms with van der Waals surface area (Å²) < 4.78 is 5.91. The Hall–Kier alpha value is -0.860. The lowest BCUT2D eigenvalue weighted by Crippen LogP contribution is -2.34. The predicted octanol–water partition coefficient (Wildman–Crippen LogP) is 3.07. The van der Waals surface area contributed by atoms with Crippen molar-refractivity contribution < 1.29 is 4.74 Å². The van der Waals surface area contributed by atoms with E-state index >= 15 is 0 Å². The molecule has 2 nitrogen and oxygen atoms in total. The van der Waals surface area contributed by atoms with Gasteiger partial charge in [0, 0.05) is 6.61 Å². The molecular formula is C15H23NO. The van der Waals surface area contributed by atoms with Gasteiger partial charge >= 0.3 is 0 Å². The maximum Gasteiger partial charge on any atom is 0.0795 e. The molecule has 0 aromatic heterocycles. The van der Waals surface area contributed by atoms with E-state index in [1.807, 2.05) is 0 Å². The van der Waals surface area contributed by atoms with E-state index in [1.54, 1.807) is 0 Å². The van der Waals surface area contributed by atoms with E-state index < -0.39 is 0 Å². The normalized spacial score (nSPS) is 26.1. The van der Waals surface area contributed by atoms with Gasteiger partial charge in [0.1, 0.15) is 0 Å². The van der Waals surface area contributed by atoms with Crippen LogP contribution in [0, 0.1) is 12.8 Å². The summed E-state index contributed by atoms with van der Waals surface area (Å²) in [4.78, 5) is 0. The number of ether oxygens (including phenoxy) is 1. The van der Waals surface area contributed by atoms with Crippen LogP contribution in [0.4, 0.5) is 0 Å². The molecule has 0 radical (unpaired) electrons. The molecule has 1 N–H and O–H groups in total. The van der Waals surface area contributed by atoms with Gasteiger partial charge in [0.15, 0.2) is 0 Å². The van der Waals surface area contributed by atoms with Crippen molar-refractivity contribution in [2.75, 3.05) is 13.2 Å². The molecule has 17 heavy (non-hydrogen) atoms. The lowest BCUT2D eigenvalue weighted by atomic mass is 9.92. The monoisotopic (exact) mass is 233 g/mol. The Morgan fingerprint density at radius 2 is 2.29 bits per heavy atom. The molecule has 0 saturated carbocycles. The van der Waals surface area contributed by atoms with E-state index in [2.05, 4.69) is 50.4 Å². The molecular weight excluding hydrogens is 210 g/mol. The fourth-order valence-corrected chi connectivity index (χ4v) is 2.65.